The molecule has 25 heavy (non-hydrogen) atoms. The Hall–Kier alpha value is -2.24. The largest absolute Gasteiger partial charge is 0.454 e. The molecule has 2 amide bonds. The first kappa shape index (κ1) is 16.2. The van der Waals surface area contributed by atoms with E-state index in [0.717, 1.165) is 24.2 Å². The van der Waals surface area contributed by atoms with Gasteiger partial charge in [-0.2, -0.15) is 0 Å². The maximum atomic E-state index is 12.3. The normalized spacial score (nSPS) is 24.6. The van der Waals surface area contributed by atoms with Gasteiger partial charge in [-0.1, -0.05) is 25.3 Å². The highest BCUT2D eigenvalue weighted by Gasteiger charge is 2.48. The Labute approximate surface area is 147 Å². The average molecular weight is 344 g/mol. The monoisotopic (exact) mass is 344 g/mol. The van der Waals surface area contributed by atoms with Crippen LogP contribution < -0.4 is 20.1 Å². The quantitative estimate of drug-likeness (QED) is 0.858. The van der Waals surface area contributed by atoms with Gasteiger partial charge in [0.15, 0.2) is 11.5 Å². The minimum Gasteiger partial charge on any atom is -0.454 e. The number of rotatable bonds is 5. The molecule has 134 valence electrons. The van der Waals surface area contributed by atoms with Crippen molar-refractivity contribution in [2.24, 2.45) is 11.8 Å². The van der Waals surface area contributed by atoms with Gasteiger partial charge in [0, 0.05) is 12.6 Å². The van der Waals surface area contributed by atoms with Crippen molar-refractivity contribution in [1.29, 1.82) is 0 Å². The second kappa shape index (κ2) is 6.94. The van der Waals surface area contributed by atoms with E-state index in [0.29, 0.717) is 24.8 Å². The number of benzene rings is 1. The number of hydrogen-bond acceptors (Lipinski definition) is 4. The van der Waals surface area contributed by atoms with Crippen molar-refractivity contribution < 1.29 is 19.1 Å². The molecule has 2 N–H and O–H groups in total. The summed E-state index contributed by atoms with van der Waals surface area (Å²) in [4.78, 5) is 24.5. The number of carbonyl (C=O) groups excluding carboxylic acids is 2. The van der Waals surface area contributed by atoms with E-state index in [9.17, 15) is 9.59 Å². The van der Waals surface area contributed by atoms with Gasteiger partial charge in [-0.05, 0) is 37.0 Å². The van der Waals surface area contributed by atoms with Crippen LogP contribution in [0.25, 0.3) is 0 Å². The molecule has 2 atom stereocenters. The number of hydrogen-bond donors (Lipinski definition) is 2. The maximum absolute atomic E-state index is 12.3. The van der Waals surface area contributed by atoms with Gasteiger partial charge < -0.3 is 20.1 Å². The molecule has 1 aromatic rings. The molecule has 2 aliphatic carbocycles. The van der Waals surface area contributed by atoms with Crippen LogP contribution >= 0.6 is 0 Å². The molecule has 3 aliphatic rings. The molecule has 0 aromatic heterocycles. The van der Waals surface area contributed by atoms with Crippen LogP contribution in [-0.4, -0.2) is 24.6 Å². The van der Waals surface area contributed by atoms with E-state index >= 15 is 0 Å². The molecule has 2 saturated carbocycles. The first-order valence-corrected chi connectivity index (χ1v) is 9.17. The van der Waals surface area contributed by atoms with E-state index in [1.807, 2.05) is 18.2 Å². The van der Waals surface area contributed by atoms with Crippen molar-refractivity contribution in [2.45, 2.75) is 51.1 Å². The van der Waals surface area contributed by atoms with Gasteiger partial charge in [0.2, 0.25) is 18.6 Å². The van der Waals surface area contributed by atoms with E-state index in [1.54, 1.807) is 0 Å². The molecule has 6 heteroatoms. The van der Waals surface area contributed by atoms with Crippen LogP contribution in [0.4, 0.5) is 0 Å². The fourth-order valence-corrected chi connectivity index (χ4v) is 3.70. The molecule has 2 unspecified atom stereocenters. The summed E-state index contributed by atoms with van der Waals surface area (Å²) in [6, 6.07) is 5.94. The predicted molar refractivity (Wildman–Crippen MR) is 91.0 cm³/mol. The Bertz CT molecular complexity index is 669. The van der Waals surface area contributed by atoms with Crippen molar-refractivity contribution in [3.05, 3.63) is 23.8 Å². The second-order valence-electron chi connectivity index (χ2n) is 7.20. The van der Waals surface area contributed by atoms with Crippen LogP contribution in [0.5, 0.6) is 11.5 Å². The highest BCUT2D eigenvalue weighted by molar-refractivity contribution is 5.92. The van der Waals surface area contributed by atoms with Crippen LogP contribution in [0, 0.1) is 11.8 Å². The third-order valence-electron chi connectivity index (χ3n) is 5.32. The summed E-state index contributed by atoms with van der Waals surface area (Å²) in [7, 11) is 0. The van der Waals surface area contributed by atoms with Crippen LogP contribution in [-0.2, 0) is 16.1 Å². The van der Waals surface area contributed by atoms with Crippen LogP contribution in [0.1, 0.15) is 44.1 Å². The van der Waals surface area contributed by atoms with E-state index in [-0.39, 0.29) is 30.4 Å². The summed E-state index contributed by atoms with van der Waals surface area (Å²) in [5, 5.41) is 6.04. The van der Waals surface area contributed by atoms with Gasteiger partial charge in [0.25, 0.3) is 0 Å². The first-order valence-electron chi connectivity index (χ1n) is 9.17. The van der Waals surface area contributed by atoms with Gasteiger partial charge in [-0.25, -0.2) is 0 Å². The van der Waals surface area contributed by atoms with Crippen LogP contribution in [0.15, 0.2) is 18.2 Å². The van der Waals surface area contributed by atoms with Crippen molar-refractivity contribution in [1.82, 2.24) is 10.6 Å². The third kappa shape index (κ3) is 3.72. The van der Waals surface area contributed by atoms with Gasteiger partial charge in [0.1, 0.15) is 0 Å². The predicted octanol–water partition coefficient (Wildman–Crippen LogP) is 2.12. The zero-order valence-electron chi connectivity index (χ0n) is 14.3. The van der Waals surface area contributed by atoms with Crippen LogP contribution in [0.3, 0.4) is 0 Å². The lowest BCUT2D eigenvalue weighted by molar-refractivity contribution is -0.127. The summed E-state index contributed by atoms with van der Waals surface area (Å²) in [5.74, 6) is 1.12. The Morgan fingerprint density at radius 1 is 1.00 bits per heavy atom. The smallest absolute Gasteiger partial charge is 0.231 e. The number of carbonyl (C=O) groups is 2. The van der Waals surface area contributed by atoms with Crippen molar-refractivity contribution >= 4 is 11.8 Å². The summed E-state index contributed by atoms with van der Waals surface area (Å²) < 4.78 is 10.6. The minimum absolute atomic E-state index is 0.0403. The summed E-state index contributed by atoms with van der Waals surface area (Å²) >= 11 is 0. The molecule has 2 fully saturated rings. The van der Waals surface area contributed by atoms with E-state index in [1.165, 1.54) is 19.3 Å². The molecule has 1 aliphatic heterocycles. The molecule has 1 heterocycles. The lowest BCUT2D eigenvalue weighted by Gasteiger charge is -2.22. The highest BCUT2D eigenvalue weighted by atomic mass is 16.7. The molecular weight excluding hydrogens is 320 g/mol. The zero-order valence-corrected chi connectivity index (χ0v) is 14.3. The first-order chi connectivity index (χ1) is 12.2. The fraction of sp³-hybridized carbons (Fsp3) is 0.579. The molecule has 4 rings (SSSR count). The molecule has 0 saturated heterocycles. The third-order valence-corrected chi connectivity index (χ3v) is 5.32. The average Bonchev–Trinajstić information content (AvgIpc) is 3.31. The van der Waals surface area contributed by atoms with Crippen LogP contribution in [0.2, 0.25) is 0 Å². The van der Waals surface area contributed by atoms with E-state index < -0.39 is 0 Å². The Balaban J connectivity index is 1.23. The Morgan fingerprint density at radius 3 is 2.60 bits per heavy atom. The van der Waals surface area contributed by atoms with Gasteiger partial charge >= 0.3 is 0 Å². The van der Waals surface area contributed by atoms with Crippen molar-refractivity contribution in [3.8, 4) is 11.5 Å². The van der Waals surface area contributed by atoms with Gasteiger partial charge in [-0.15, -0.1) is 0 Å². The molecule has 1 aromatic carbocycles. The van der Waals surface area contributed by atoms with E-state index in [4.69, 9.17) is 9.47 Å². The zero-order chi connectivity index (χ0) is 17.2. The van der Waals surface area contributed by atoms with Gasteiger partial charge in [0.05, 0.1) is 11.8 Å². The summed E-state index contributed by atoms with van der Waals surface area (Å²) in [5.41, 5.74) is 0.960. The summed E-state index contributed by atoms with van der Waals surface area (Å²) in [6.07, 6.45) is 6.44. The highest BCUT2D eigenvalue weighted by Crippen LogP contribution is 2.39. The SMILES string of the molecule is O=C(NCc1ccc2c(c1)OCO2)C1CC1C(=O)NC1CCCCC1. The second-order valence-corrected chi connectivity index (χ2v) is 7.20. The van der Waals surface area contributed by atoms with Crippen molar-refractivity contribution in [2.75, 3.05) is 6.79 Å². The molecule has 0 spiro atoms. The molecular formula is C19H24N2O4. The lowest BCUT2D eigenvalue weighted by atomic mass is 9.95. The minimum atomic E-state index is -0.183. The molecule has 0 radical (unpaired) electrons. The summed E-state index contributed by atoms with van der Waals surface area (Å²) in [6.45, 7) is 0.675. The molecule has 0 bridgehead atoms. The maximum Gasteiger partial charge on any atom is 0.231 e. The standard InChI is InChI=1S/C19H24N2O4/c22-18(20-10-12-6-7-16-17(8-12)25-11-24-16)14-9-15(14)19(23)21-13-4-2-1-3-5-13/h6-8,13-15H,1-5,9-11H2,(H,20,22)(H,21,23). The number of ether oxygens (including phenoxy) is 2. The lowest BCUT2D eigenvalue weighted by Crippen LogP contribution is -2.38. The Morgan fingerprint density at radius 2 is 1.76 bits per heavy atom. The number of nitrogens with one attached hydrogen (secondary N) is 2. The molecule has 6 nitrogen and oxygen atoms in total. The van der Waals surface area contributed by atoms with Gasteiger partial charge in [-0.3, -0.25) is 9.59 Å². The topological polar surface area (TPSA) is 76.7 Å². The van der Waals surface area contributed by atoms with E-state index in [2.05, 4.69) is 10.6 Å². The fourth-order valence-electron chi connectivity index (χ4n) is 3.70. The number of amides is 2. The Kier molecular flexibility index (Phi) is 4.51. The number of fused-ring (bicyclic) bond motifs is 1. The van der Waals surface area contributed by atoms with Crippen molar-refractivity contribution in [3.63, 3.8) is 0 Å².